The van der Waals surface area contributed by atoms with Crippen molar-refractivity contribution in [3.05, 3.63) is 23.8 Å². The molecule has 0 aromatic heterocycles. The smallest absolute Gasteiger partial charge is 0.155 e. The highest BCUT2D eigenvalue weighted by atomic mass is 16.1. The van der Waals surface area contributed by atoms with Gasteiger partial charge in [0, 0.05) is 6.42 Å². The van der Waals surface area contributed by atoms with Gasteiger partial charge < -0.3 is 0 Å². The Morgan fingerprint density at radius 1 is 1.62 bits per heavy atom. The molecule has 1 unspecified atom stereocenters. The molecular formula is C12H18O. The highest BCUT2D eigenvalue weighted by Gasteiger charge is 2.18. The van der Waals surface area contributed by atoms with Crippen LogP contribution in [0.4, 0.5) is 0 Å². The normalized spacial score (nSPS) is 23.7. The second-order valence-electron chi connectivity index (χ2n) is 3.58. The van der Waals surface area contributed by atoms with Crippen molar-refractivity contribution in [2.75, 3.05) is 0 Å². The molecule has 72 valence electrons. The standard InChI is InChI=1S/C12H18O/c1-3-5-6-11-7-8-12(13)9-10(11)4-2/h3,5,9,11H,4,6-8H2,1-2H3/b5-3+. The van der Waals surface area contributed by atoms with Gasteiger partial charge in [0.2, 0.25) is 0 Å². The SMILES string of the molecule is C/C=C/CC1CCC(=O)C=C1CC. The van der Waals surface area contributed by atoms with Gasteiger partial charge in [0.1, 0.15) is 0 Å². The summed E-state index contributed by atoms with van der Waals surface area (Å²) in [5, 5.41) is 0. The Balaban J connectivity index is 2.63. The minimum atomic E-state index is 0.313. The van der Waals surface area contributed by atoms with E-state index in [1.54, 1.807) is 0 Å². The van der Waals surface area contributed by atoms with E-state index in [0.29, 0.717) is 11.7 Å². The first kappa shape index (κ1) is 10.2. The molecule has 0 radical (unpaired) electrons. The van der Waals surface area contributed by atoms with Crippen molar-refractivity contribution < 1.29 is 4.79 Å². The molecule has 0 heterocycles. The summed E-state index contributed by atoms with van der Waals surface area (Å²) in [5.41, 5.74) is 1.34. The molecule has 1 nitrogen and oxygen atoms in total. The van der Waals surface area contributed by atoms with Gasteiger partial charge >= 0.3 is 0 Å². The van der Waals surface area contributed by atoms with Crippen LogP contribution in [0, 0.1) is 5.92 Å². The Hall–Kier alpha value is -0.850. The summed E-state index contributed by atoms with van der Waals surface area (Å²) in [4.78, 5) is 11.2. The number of hydrogen-bond donors (Lipinski definition) is 0. The van der Waals surface area contributed by atoms with Crippen LogP contribution < -0.4 is 0 Å². The Morgan fingerprint density at radius 2 is 2.38 bits per heavy atom. The molecule has 0 spiro atoms. The molecule has 0 aromatic rings. The molecule has 1 atom stereocenters. The summed E-state index contributed by atoms with van der Waals surface area (Å²) in [7, 11) is 0. The first-order valence-electron chi connectivity index (χ1n) is 5.12. The lowest BCUT2D eigenvalue weighted by molar-refractivity contribution is -0.115. The predicted octanol–water partition coefficient (Wildman–Crippen LogP) is 3.27. The van der Waals surface area contributed by atoms with Crippen molar-refractivity contribution in [2.45, 2.75) is 39.5 Å². The number of carbonyl (C=O) groups is 1. The van der Waals surface area contributed by atoms with Crippen LogP contribution in [0.5, 0.6) is 0 Å². The quantitative estimate of drug-likeness (QED) is 0.606. The van der Waals surface area contributed by atoms with Gasteiger partial charge in [0.25, 0.3) is 0 Å². The molecule has 0 saturated carbocycles. The van der Waals surface area contributed by atoms with E-state index in [1.807, 2.05) is 13.0 Å². The van der Waals surface area contributed by atoms with Gasteiger partial charge in [-0.15, -0.1) is 0 Å². The maximum atomic E-state index is 11.2. The molecule has 1 aliphatic carbocycles. The molecule has 0 bridgehead atoms. The number of hydrogen-bond acceptors (Lipinski definition) is 1. The van der Waals surface area contributed by atoms with E-state index in [9.17, 15) is 4.79 Å². The second-order valence-corrected chi connectivity index (χ2v) is 3.58. The molecule has 0 fully saturated rings. The Labute approximate surface area is 80.5 Å². The molecular weight excluding hydrogens is 160 g/mol. The van der Waals surface area contributed by atoms with Gasteiger partial charge in [0.05, 0.1) is 0 Å². The summed E-state index contributed by atoms with van der Waals surface area (Å²) in [5.74, 6) is 0.937. The van der Waals surface area contributed by atoms with E-state index in [2.05, 4.69) is 19.1 Å². The van der Waals surface area contributed by atoms with Crippen LogP contribution in [-0.4, -0.2) is 5.78 Å². The minimum absolute atomic E-state index is 0.313. The summed E-state index contributed by atoms with van der Waals surface area (Å²) < 4.78 is 0. The molecule has 0 aromatic carbocycles. The van der Waals surface area contributed by atoms with Crippen molar-refractivity contribution in [1.29, 1.82) is 0 Å². The fourth-order valence-corrected chi connectivity index (χ4v) is 1.86. The highest BCUT2D eigenvalue weighted by molar-refractivity contribution is 5.91. The van der Waals surface area contributed by atoms with Crippen LogP contribution in [0.3, 0.4) is 0 Å². The van der Waals surface area contributed by atoms with Crippen molar-refractivity contribution in [3.63, 3.8) is 0 Å². The van der Waals surface area contributed by atoms with Crippen molar-refractivity contribution in [2.24, 2.45) is 5.92 Å². The van der Waals surface area contributed by atoms with Crippen LogP contribution in [0.2, 0.25) is 0 Å². The van der Waals surface area contributed by atoms with Crippen LogP contribution >= 0.6 is 0 Å². The lowest BCUT2D eigenvalue weighted by Crippen LogP contribution is -2.13. The van der Waals surface area contributed by atoms with Gasteiger partial charge in [-0.3, -0.25) is 4.79 Å². The molecule has 0 aliphatic heterocycles. The van der Waals surface area contributed by atoms with Gasteiger partial charge in [-0.2, -0.15) is 0 Å². The van der Waals surface area contributed by atoms with E-state index in [1.165, 1.54) is 5.57 Å². The second kappa shape index (κ2) is 5.00. The lowest BCUT2D eigenvalue weighted by atomic mass is 9.83. The maximum Gasteiger partial charge on any atom is 0.155 e. The highest BCUT2D eigenvalue weighted by Crippen LogP contribution is 2.28. The van der Waals surface area contributed by atoms with Gasteiger partial charge in [-0.25, -0.2) is 0 Å². The molecule has 0 N–H and O–H groups in total. The molecule has 0 saturated heterocycles. The van der Waals surface area contributed by atoms with Crippen LogP contribution in [0.25, 0.3) is 0 Å². The number of ketones is 1. The molecule has 1 aliphatic rings. The molecule has 1 heteroatoms. The van der Waals surface area contributed by atoms with E-state index in [0.717, 1.165) is 25.7 Å². The summed E-state index contributed by atoms with van der Waals surface area (Å²) in [6.07, 6.45) is 10.1. The molecule has 0 amide bonds. The maximum absolute atomic E-state index is 11.2. The summed E-state index contributed by atoms with van der Waals surface area (Å²) >= 11 is 0. The zero-order valence-corrected chi connectivity index (χ0v) is 8.55. The third kappa shape index (κ3) is 2.83. The first-order chi connectivity index (χ1) is 6.27. The van der Waals surface area contributed by atoms with Crippen LogP contribution in [0.1, 0.15) is 39.5 Å². The van der Waals surface area contributed by atoms with Crippen LogP contribution in [-0.2, 0) is 4.79 Å². The Kier molecular flexibility index (Phi) is 3.94. The van der Waals surface area contributed by atoms with Gasteiger partial charge in [0.15, 0.2) is 5.78 Å². The number of carbonyl (C=O) groups excluding carboxylic acids is 1. The zero-order chi connectivity index (χ0) is 9.68. The largest absolute Gasteiger partial charge is 0.295 e. The van der Waals surface area contributed by atoms with Crippen molar-refractivity contribution in [3.8, 4) is 0 Å². The van der Waals surface area contributed by atoms with Gasteiger partial charge in [-0.1, -0.05) is 24.6 Å². The molecule has 1 rings (SSSR count). The monoisotopic (exact) mass is 178 g/mol. The number of allylic oxidation sites excluding steroid dienone is 4. The van der Waals surface area contributed by atoms with Crippen molar-refractivity contribution >= 4 is 5.78 Å². The Morgan fingerprint density at radius 3 is 3.00 bits per heavy atom. The first-order valence-corrected chi connectivity index (χ1v) is 5.12. The summed E-state index contributed by atoms with van der Waals surface area (Å²) in [6, 6.07) is 0. The third-order valence-electron chi connectivity index (χ3n) is 2.67. The van der Waals surface area contributed by atoms with E-state index in [4.69, 9.17) is 0 Å². The average Bonchev–Trinajstić information content (AvgIpc) is 2.16. The third-order valence-corrected chi connectivity index (χ3v) is 2.67. The van der Waals surface area contributed by atoms with Gasteiger partial charge in [-0.05, 0) is 38.2 Å². The minimum Gasteiger partial charge on any atom is -0.295 e. The summed E-state index contributed by atoms with van der Waals surface area (Å²) in [6.45, 7) is 4.18. The van der Waals surface area contributed by atoms with E-state index >= 15 is 0 Å². The van der Waals surface area contributed by atoms with Crippen LogP contribution in [0.15, 0.2) is 23.8 Å². The fourth-order valence-electron chi connectivity index (χ4n) is 1.86. The zero-order valence-electron chi connectivity index (χ0n) is 8.55. The number of rotatable bonds is 3. The van der Waals surface area contributed by atoms with E-state index in [-0.39, 0.29) is 0 Å². The average molecular weight is 178 g/mol. The Bertz CT molecular complexity index is 236. The van der Waals surface area contributed by atoms with Crippen molar-refractivity contribution in [1.82, 2.24) is 0 Å². The lowest BCUT2D eigenvalue weighted by Gasteiger charge is -2.21. The molecule has 13 heavy (non-hydrogen) atoms. The topological polar surface area (TPSA) is 17.1 Å². The fraction of sp³-hybridized carbons (Fsp3) is 0.583. The van der Waals surface area contributed by atoms with E-state index < -0.39 is 0 Å². The predicted molar refractivity (Wildman–Crippen MR) is 55.5 cm³/mol.